The number of hydrogen-bond donors (Lipinski definition) is 0. The Kier molecular flexibility index (Phi) is 6.87. The maximum atomic E-state index is 14.2. The summed E-state index contributed by atoms with van der Waals surface area (Å²) in [5.41, 5.74) is 2.69. The summed E-state index contributed by atoms with van der Waals surface area (Å²) < 4.78 is 13.7. The van der Waals surface area contributed by atoms with Gasteiger partial charge >= 0.3 is 5.97 Å². The summed E-state index contributed by atoms with van der Waals surface area (Å²) in [6.07, 6.45) is -0.368. The van der Waals surface area contributed by atoms with Crippen LogP contribution in [0, 0.1) is 0 Å². The number of ether oxygens (including phenoxy) is 2. The Morgan fingerprint density at radius 3 is 2.61 bits per heavy atom. The summed E-state index contributed by atoms with van der Waals surface area (Å²) in [6.45, 7) is 7.63. The zero-order valence-corrected chi connectivity index (χ0v) is 24.0. The van der Waals surface area contributed by atoms with Crippen LogP contribution in [0.1, 0.15) is 44.9 Å². The highest BCUT2D eigenvalue weighted by molar-refractivity contribution is 9.10. The van der Waals surface area contributed by atoms with Crippen LogP contribution in [0.15, 0.2) is 68.0 Å². The molecule has 1 atom stereocenters. The monoisotopic (exact) mass is 595 g/mol. The molecule has 38 heavy (non-hydrogen) atoms. The lowest BCUT2D eigenvalue weighted by molar-refractivity contribution is -0.143. The number of carbonyl (C=O) groups excluding carboxylic acids is 2. The highest BCUT2D eigenvalue weighted by Crippen LogP contribution is 2.38. The van der Waals surface area contributed by atoms with Crippen molar-refractivity contribution >= 4 is 50.4 Å². The fourth-order valence-electron chi connectivity index (χ4n) is 4.94. The molecule has 2 aromatic carbocycles. The van der Waals surface area contributed by atoms with Crippen molar-refractivity contribution in [3.05, 3.63) is 89.0 Å². The molecular formula is C28H26BrN3O5S. The Balaban J connectivity index is 1.85. The lowest BCUT2D eigenvalue weighted by Crippen LogP contribution is -2.41. The number of amides is 1. The van der Waals surface area contributed by atoms with Crippen molar-refractivity contribution in [3.63, 3.8) is 0 Å². The second kappa shape index (κ2) is 9.99. The minimum absolute atomic E-state index is 0.231. The third-order valence-corrected chi connectivity index (χ3v) is 8.06. The molecule has 2 aliphatic rings. The van der Waals surface area contributed by atoms with Crippen molar-refractivity contribution in [1.29, 1.82) is 0 Å². The first-order chi connectivity index (χ1) is 18.2. The van der Waals surface area contributed by atoms with Crippen molar-refractivity contribution in [3.8, 4) is 5.75 Å². The van der Waals surface area contributed by atoms with Crippen molar-refractivity contribution in [1.82, 2.24) is 4.57 Å². The summed E-state index contributed by atoms with van der Waals surface area (Å²) >= 11 is 4.66. The van der Waals surface area contributed by atoms with Gasteiger partial charge in [0.2, 0.25) is 0 Å². The Morgan fingerprint density at radius 1 is 1.18 bits per heavy atom. The lowest BCUT2D eigenvalue weighted by atomic mass is 9.95. The van der Waals surface area contributed by atoms with Crippen molar-refractivity contribution in [2.75, 3.05) is 18.6 Å². The van der Waals surface area contributed by atoms with Crippen LogP contribution in [0.5, 0.6) is 5.75 Å². The fraction of sp³-hybridized carbons (Fsp3) is 0.286. The zero-order chi connectivity index (χ0) is 27.3. The summed E-state index contributed by atoms with van der Waals surface area (Å²) in [5.74, 6) is -0.295. The molecule has 3 heterocycles. The van der Waals surface area contributed by atoms with Gasteiger partial charge in [-0.15, -0.1) is 0 Å². The zero-order valence-electron chi connectivity index (χ0n) is 21.6. The number of rotatable bonds is 5. The molecule has 0 aliphatic carbocycles. The average Bonchev–Trinajstić information content (AvgIpc) is 3.34. The van der Waals surface area contributed by atoms with E-state index in [9.17, 15) is 14.4 Å². The number of aromatic nitrogens is 1. The van der Waals surface area contributed by atoms with Gasteiger partial charge in [0.25, 0.3) is 11.5 Å². The van der Waals surface area contributed by atoms with E-state index >= 15 is 0 Å². The molecular weight excluding hydrogens is 570 g/mol. The predicted molar refractivity (Wildman–Crippen MR) is 149 cm³/mol. The number of esters is 1. The Labute approximate surface area is 231 Å². The van der Waals surface area contributed by atoms with Crippen LogP contribution >= 0.6 is 27.3 Å². The van der Waals surface area contributed by atoms with Crippen LogP contribution in [-0.4, -0.2) is 36.2 Å². The number of nitrogens with zero attached hydrogens (tertiary/aromatic N) is 3. The average molecular weight is 597 g/mol. The molecule has 0 fully saturated rings. The standard InChI is InChI=1S/C28H26BrN3O5S/c1-6-31-19-10-8-7-9-17(19)22(25(31)33)24-26(34)32-23(18-13-16(29)11-12-20(18)36-5)21(27(35)37-14(2)3)15(4)30-28(32)38-24/h7-14,23H,6H2,1-5H3/b24-22-/t23-/m0/s1. The van der Waals surface area contributed by atoms with Gasteiger partial charge in [-0.1, -0.05) is 45.5 Å². The number of fused-ring (bicyclic) bond motifs is 2. The van der Waals surface area contributed by atoms with Crippen molar-refractivity contribution in [2.24, 2.45) is 4.99 Å². The third kappa shape index (κ3) is 4.12. The van der Waals surface area contributed by atoms with Crippen LogP contribution in [0.3, 0.4) is 0 Å². The first kappa shape index (κ1) is 26.1. The van der Waals surface area contributed by atoms with E-state index < -0.39 is 17.6 Å². The van der Waals surface area contributed by atoms with Crippen molar-refractivity contribution in [2.45, 2.75) is 39.8 Å². The largest absolute Gasteiger partial charge is 0.496 e. The Morgan fingerprint density at radius 2 is 1.92 bits per heavy atom. The lowest BCUT2D eigenvalue weighted by Gasteiger charge is -2.26. The highest BCUT2D eigenvalue weighted by atomic mass is 79.9. The first-order valence-electron chi connectivity index (χ1n) is 12.2. The van der Waals surface area contributed by atoms with Crippen LogP contribution in [0.25, 0.3) is 5.57 Å². The smallest absolute Gasteiger partial charge is 0.338 e. The molecule has 0 bridgehead atoms. The molecule has 1 amide bonds. The number of halogens is 1. The molecule has 196 valence electrons. The van der Waals surface area contributed by atoms with Crippen molar-refractivity contribution < 1.29 is 19.1 Å². The van der Waals surface area contributed by atoms with Gasteiger partial charge in [0.05, 0.1) is 35.7 Å². The predicted octanol–water partition coefficient (Wildman–Crippen LogP) is 3.69. The van der Waals surface area contributed by atoms with Crippen LogP contribution in [-0.2, 0) is 14.3 Å². The SMILES string of the molecule is CCN1C(=O)/C(=c2\sc3n(c2=O)[C@@H](c2cc(Br)ccc2OC)C(C(=O)OC(C)C)=C(C)N=3)c2ccccc21. The van der Waals surface area contributed by atoms with E-state index in [2.05, 4.69) is 20.9 Å². The van der Waals surface area contributed by atoms with Gasteiger partial charge in [0.1, 0.15) is 16.3 Å². The number of likely N-dealkylation sites (N-methyl/N-ethyl adjacent to an activating group) is 1. The van der Waals surface area contributed by atoms with E-state index in [1.807, 2.05) is 43.3 Å². The summed E-state index contributed by atoms with van der Waals surface area (Å²) in [7, 11) is 1.54. The molecule has 0 unspecified atom stereocenters. The van der Waals surface area contributed by atoms with Gasteiger partial charge in [-0.05, 0) is 52.0 Å². The molecule has 5 rings (SSSR count). The summed E-state index contributed by atoms with van der Waals surface area (Å²) in [6, 6.07) is 12.0. The van der Waals surface area contributed by atoms with Gasteiger partial charge in [-0.25, -0.2) is 9.79 Å². The van der Waals surface area contributed by atoms with Gasteiger partial charge in [-0.2, -0.15) is 0 Å². The number of hydrogen-bond acceptors (Lipinski definition) is 7. The van der Waals surface area contributed by atoms with Crippen LogP contribution < -0.4 is 24.5 Å². The minimum Gasteiger partial charge on any atom is -0.496 e. The van der Waals surface area contributed by atoms with E-state index in [0.29, 0.717) is 39.5 Å². The Bertz CT molecular complexity index is 1700. The molecule has 0 N–H and O–H groups in total. The normalized spacial score (nSPS) is 17.9. The number of anilines is 1. The number of carbonyl (C=O) groups is 2. The molecule has 2 aliphatic heterocycles. The molecule has 0 saturated carbocycles. The maximum Gasteiger partial charge on any atom is 0.338 e. The van der Waals surface area contributed by atoms with Gasteiger partial charge < -0.3 is 14.4 Å². The maximum absolute atomic E-state index is 14.2. The van der Waals surface area contributed by atoms with Gasteiger partial charge in [0.15, 0.2) is 4.80 Å². The van der Waals surface area contributed by atoms with E-state index in [1.54, 1.807) is 31.7 Å². The molecule has 1 aromatic heterocycles. The van der Waals surface area contributed by atoms with E-state index in [-0.39, 0.29) is 22.1 Å². The number of para-hydroxylation sites is 1. The van der Waals surface area contributed by atoms with Crippen LogP contribution in [0.4, 0.5) is 5.69 Å². The van der Waals surface area contributed by atoms with Crippen LogP contribution in [0.2, 0.25) is 0 Å². The van der Waals surface area contributed by atoms with E-state index in [1.165, 1.54) is 11.7 Å². The Hall–Kier alpha value is -3.50. The summed E-state index contributed by atoms with van der Waals surface area (Å²) in [4.78, 5) is 47.8. The second-order valence-electron chi connectivity index (χ2n) is 9.18. The van der Waals surface area contributed by atoms with E-state index in [0.717, 1.165) is 21.5 Å². The quantitative estimate of drug-likeness (QED) is 0.420. The van der Waals surface area contributed by atoms with E-state index in [4.69, 9.17) is 9.47 Å². The summed E-state index contributed by atoms with van der Waals surface area (Å²) in [5, 5.41) is 0. The molecule has 8 nitrogen and oxygen atoms in total. The number of methoxy groups -OCH3 is 1. The van der Waals surface area contributed by atoms with Gasteiger partial charge in [0, 0.05) is 22.1 Å². The number of benzene rings is 2. The molecule has 0 radical (unpaired) electrons. The number of thiazole rings is 1. The molecule has 10 heteroatoms. The third-order valence-electron chi connectivity index (χ3n) is 6.51. The number of allylic oxidation sites excluding steroid dienone is 1. The highest BCUT2D eigenvalue weighted by Gasteiger charge is 2.38. The topological polar surface area (TPSA) is 90.2 Å². The molecule has 0 spiro atoms. The fourth-order valence-corrected chi connectivity index (χ4v) is 6.45. The van der Waals surface area contributed by atoms with Gasteiger partial charge in [-0.3, -0.25) is 14.2 Å². The second-order valence-corrected chi connectivity index (χ2v) is 11.1. The first-order valence-corrected chi connectivity index (χ1v) is 13.8. The molecule has 0 saturated heterocycles. The molecule has 3 aromatic rings. The minimum atomic E-state index is -0.867.